The lowest BCUT2D eigenvalue weighted by Crippen LogP contribution is -2.27. The number of rotatable bonds is 49. The van der Waals surface area contributed by atoms with E-state index >= 15 is 0 Å². The zero-order chi connectivity index (χ0) is 103. The summed E-state index contributed by atoms with van der Waals surface area (Å²) in [5.41, 5.74) is 9.36. The van der Waals surface area contributed by atoms with E-state index in [0.29, 0.717) is 50.3 Å². The summed E-state index contributed by atoms with van der Waals surface area (Å²) < 4.78 is 40.5. The molecule has 0 unspecified atom stereocenters. The molecular formula is C77H105N9O44S2. The molecule has 0 saturated carbocycles. The summed E-state index contributed by atoms with van der Waals surface area (Å²) in [4.78, 5) is 202. The number of carbonyl (C=O) groups is 20. The summed E-state index contributed by atoms with van der Waals surface area (Å²) in [6.45, 7) is 0.168. The smallest absolute Gasteiger partial charge is 0.335 e. The van der Waals surface area contributed by atoms with Crippen molar-refractivity contribution in [1.29, 1.82) is 0 Å². The highest BCUT2D eigenvalue weighted by Crippen LogP contribution is 2.15. The number of nitrogen functional groups attached to an aromatic ring is 1. The SMILES string of the molecule is NS(=O)(=O)CCC(=O)O.NS(=O)(=O)CCCC(=O)O.Nc1cc(C(=O)O)cc(C(=O)O)c1.O=C(O)CCCCc1ccc(C(=O)O)cc1.O=C(O)CCCc1ccc(C(=O)O)cc1.O=C(O)CCNCC(=O)O.O=C(O)CCNCC(=O)O.O=C(O)CCNCCC(=O)O.O=C(O)CCNc1ccc(C(=O)O)cc1.O=C(O)CNCC(=O)O.O=C(O)CNc1ccc(C(=O)O)cc1. The molecule has 53 nitrogen and oxygen atoms in total. The topological polar surface area (TPSA) is 965 Å². The summed E-state index contributed by atoms with van der Waals surface area (Å²) in [7, 11) is -7.08. The van der Waals surface area contributed by atoms with Gasteiger partial charge in [-0.1, -0.05) is 24.3 Å². The summed E-state index contributed by atoms with van der Waals surface area (Å²) in [5, 5.41) is 190. The quantitative estimate of drug-likeness (QED) is 0.0192. The van der Waals surface area contributed by atoms with Crippen molar-refractivity contribution < 1.29 is 215 Å². The molecular weight excluding hydrogens is 1820 g/mol. The Kier molecular flexibility index (Phi) is 73.0. The van der Waals surface area contributed by atoms with Crippen molar-refractivity contribution in [3.05, 3.63) is 160 Å². The fourth-order valence-corrected chi connectivity index (χ4v) is 8.76. The molecule has 0 bridgehead atoms. The first-order valence-electron chi connectivity index (χ1n) is 37.3. The van der Waals surface area contributed by atoms with E-state index in [-0.39, 0.29) is 148 Å². The molecule has 734 valence electrons. The van der Waals surface area contributed by atoms with Gasteiger partial charge in [0.05, 0.1) is 110 Å². The second-order valence-electron chi connectivity index (χ2n) is 25.1. The molecule has 32 N–H and O–H groups in total. The molecule has 0 aliphatic carbocycles. The minimum atomic E-state index is -3.60. The van der Waals surface area contributed by atoms with E-state index < -0.39 is 152 Å². The summed E-state index contributed by atoms with van der Waals surface area (Å²) in [6, 6.07) is 28.6. The van der Waals surface area contributed by atoms with Crippen LogP contribution >= 0.6 is 0 Å². The molecule has 0 heterocycles. The standard InChI is InChI=1S/C12H14O4.C11H12O4.C10H11NO4.C9H9NO4.C8H7NO4.C6H11NO4.2C5H9NO4.C4H9NO4S.C4H7NO4.C3H7NO4S/c13-11(14)4-2-1-3-9-5-7-10(8-6-9)12(15)16;12-10(13)3-1-2-8-4-6-9(7-5-8)11(14)15;12-9(13)5-6-11-8-3-1-7(2-4-8)10(14)15;11-8(12)5-10-7-3-1-6(2-4-7)9(13)14;9-6-2-4(7(10)11)1-5(3-6)8(12)13;8-5(9)1-3-7-4-2-6(10)11;2*7-4(8)1-2-6-3-5(9)10;5-10(8,9)3-1-2-4(6)7;6-3(7)1-5-2-4(8)9;4-9(7,8)2-1-3(5)6/h5-8H,1-4H2,(H,13,14)(H,15,16);4-7H,1-3H2,(H,12,13)(H,14,15);1-4,11H,5-6H2,(H,12,13)(H,14,15);1-4,10H,5H2,(H,11,12)(H,13,14);1-3H,9H2,(H,10,11)(H,12,13);7H,1-4H2,(H,8,9)(H,10,11);2*6H,1-3H2,(H,7,8)(H,9,10);1-3H2,(H,6,7)(H2,5,8,9);5H,1-2H2,(H,6,7)(H,8,9);1-2H2,(H,5,6)(H2,4,7,8). The zero-order valence-electron chi connectivity index (χ0n) is 69.9. The third-order valence-corrected chi connectivity index (χ3v) is 15.4. The summed E-state index contributed by atoms with van der Waals surface area (Å²) in [5.74, 6) is -20.3. The maximum atomic E-state index is 10.6. The van der Waals surface area contributed by atoms with Gasteiger partial charge in [-0.2, -0.15) is 0 Å². The molecule has 0 aliphatic rings. The average Bonchev–Trinajstić information content (AvgIpc) is 0.858. The van der Waals surface area contributed by atoms with Crippen molar-refractivity contribution in [2.24, 2.45) is 10.3 Å². The van der Waals surface area contributed by atoms with Gasteiger partial charge in [-0.25, -0.2) is 55.9 Å². The highest BCUT2D eigenvalue weighted by Gasteiger charge is 2.13. The van der Waals surface area contributed by atoms with Crippen LogP contribution in [0.1, 0.15) is 157 Å². The van der Waals surface area contributed by atoms with Gasteiger partial charge in [-0.05, 0) is 141 Å². The predicted octanol–water partition coefficient (Wildman–Crippen LogP) is 1.22. The van der Waals surface area contributed by atoms with Crippen molar-refractivity contribution in [2.45, 2.75) is 96.3 Å². The van der Waals surface area contributed by atoms with Gasteiger partial charge >= 0.3 is 119 Å². The van der Waals surface area contributed by atoms with Crippen molar-refractivity contribution in [3.8, 4) is 0 Å². The van der Waals surface area contributed by atoms with E-state index in [4.69, 9.17) is 108 Å². The normalized spacial score (nSPS) is 9.77. The Morgan fingerprint density at radius 1 is 0.235 bits per heavy atom. The van der Waals surface area contributed by atoms with Gasteiger partial charge < -0.3 is 134 Å². The van der Waals surface area contributed by atoms with E-state index in [1.54, 1.807) is 48.5 Å². The Morgan fingerprint density at radius 3 is 0.758 bits per heavy atom. The van der Waals surface area contributed by atoms with Crippen LogP contribution in [0.2, 0.25) is 0 Å². The van der Waals surface area contributed by atoms with E-state index in [0.717, 1.165) is 30.0 Å². The Balaban J connectivity index is -0.000000333. The number of hydrogen-bond acceptors (Lipinski definition) is 31. The first kappa shape index (κ1) is 127. The molecule has 55 heteroatoms. The Morgan fingerprint density at radius 2 is 0.485 bits per heavy atom. The van der Waals surface area contributed by atoms with Crippen molar-refractivity contribution in [3.63, 3.8) is 0 Å². The number of aliphatic carboxylic acids is 14. The first-order valence-corrected chi connectivity index (χ1v) is 40.7. The van der Waals surface area contributed by atoms with Gasteiger partial charge in [0.15, 0.2) is 0 Å². The highest BCUT2D eigenvalue weighted by atomic mass is 32.2. The number of aryl methyl sites for hydroxylation is 2. The fourth-order valence-electron chi connectivity index (χ4n) is 7.76. The summed E-state index contributed by atoms with van der Waals surface area (Å²) >= 11 is 0. The van der Waals surface area contributed by atoms with E-state index in [1.807, 2.05) is 0 Å². The maximum Gasteiger partial charge on any atom is 0.335 e. The summed E-state index contributed by atoms with van der Waals surface area (Å²) in [6.07, 6.45) is 3.27. The molecule has 0 amide bonds. The van der Waals surface area contributed by atoms with Crippen LogP contribution in [0.15, 0.2) is 115 Å². The lowest BCUT2D eigenvalue weighted by atomic mass is 10.1. The molecule has 0 spiro atoms. The van der Waals surface area contributed by atoms with Crippen LogP contribution in [-0.2, 0) is 100 Å². The van der Waals surface area contributed by atoms with Gasteiger partial charge in [0.1, 0.15) is 6.54 Å². The molecule has 5 rings (SSSR count). The molecule has 0 aromatic heterocycles. The number of nitrogens with one attached hydrogen (secondary N) is 6. The Hall–Kier alpha value is -15.4. The second-order valence-corrected chi connectivity index (χ2v) is 28.6. The van der Waals surface area contributed by atoms with Gasteiger partial charge in [0, 0.05) is 69.0 Å². The number of primary sulfonamides is 2. The number of hydrogen-bond donors (Lipinski definition) is 29. The number of nitrogens with two attached hydrogens (primary N) is 3. The van der Waals surface area contributed by atoms with Crippen molar-refractivity contribution in [2.75, 3.05) is 93.3 Å². The second kappa shape index (κ2) is 75.7. The van der Waals surface area contributed by atoms with Crippen molar-refractivity contribution in [1.82, 2.24) is 21.3 Å². The molecule has 5 aromatic rings. The number of unbranched alkanes of at least 4 members (excludes halogenated alkanes) is 1. The maximum absolute atomic E-state index is 10.6. The Labute approximate surface area is 749 Å². The van der Waals surface area contributed by atoms with Gasteiger partial charge in [-0.3, -0.25) is 72.4 Å². The zero-order valence-corrected chi connectivity index (χ0v) is 71.5. The van der Waals surface area contributed by atoms with Crippen LogP contribution in [0, 0.1) is 0 Å². The van der Waals surface area contributed by atoms with Gasteiger partial charge in [-0.15, -0.1) is 0 Å². The lowest BCUT2D eigenvalue weighted by Gasteiger charge is -2.04. The minimum absolute atomic E-state index is 0.0274. The lowest BCUT2D eigenvalue weighted by molar-refractivity contribution is -0.139. The third-order valence-electron chi connectivity index (χ3n) is 13.8. The first-order chi connectivity index (χ1) is 61.2. The van der Waals surface area contributed by atoms with Gasteiger partial charge in [0.25, 0.3) is 0 Å². The van der Waals surface area contributed by atoms with E-state index in [2.05, 4.69) is 42.2 Å². The fraction of sp³-hybridized carbons (Fsp3) is 0.351. The average molecular weight is 1920 g/mol. The van der Waals surface area contributed by atoms with Crippen LogP contribution in [0.25, 0.3) is 0 Å². The van der Waals surface area contributed by atoms with Crippen molar-refractivity contribution >= 4 is 156 Å². The van der Waals surface area contributed by atoms with E-state index in [9.17, 15) is 113 Å². The van der Waals surface area contributed by atoms with Crippen LogP contribution < -0.4 is 47.9 Å². The van der Waals surface area contributed by atoms with Crippen LogP contribution in [0.3, 0.4) is 0 Å². The Bertz CT molecular complexity index is 4530. The number of carboxylic acid groups (broad SMARTS) is 20. The van der Waals surface area contributed by atoms with Crippen LogP contribution in [0.5, 0.6) is 0 Å². The molecule has 0 radical (unpaired) electrons. The highest BCUT2D eigenvalue weighted by molar-refractivity contribution is 7.89. The minimum Gasteiger partial charge on any atom is -0.481 e. The molecule has 5 aromatic carbocycles. The van der Waals surface area contributed by atoms with Crippen LogP contribution in [0.4, 0.5) is 17.1 Å². The molecule has 0 aliphatic heterocycles. The van der Waals surface area contributed by atoms with E-state index in [1.165, 1.54) is 60.7 Å². The number of aromatic carboxylic acids is 6. The predicted molar refractivity (Wildman–Crippen MR) is 457 cm³/mol. The molecule has 0 atom stereocenters. The van der Waals surface area contributed by atoms with Gasteiger partial charge in [0.2, 0.25) is 20.0 Å². The number of sulfonamides is 2. The number of carboxylic acids is 20. The van der Waals surface area contributed by atoms with Crippen LogP contribution in [-0.4, -0.2) is 315 Å². The number of anilines is 3. The largest absolute Gasteiger partial charge is 0.481 e. The molecule has 0 saturated heterocycles. The monoisotopic (exact) mass is 1920 g/mol. The molecule has 132 heavy (non-hydrogen) atoms. The number of benzene rings is 5. The third kappa shape index (κ3) is 93.7. The molecule has 0 fully saturated rings.